The van der Waals surface area contributed by atoms with Gasteiger partial charge in [-0.25, -0.2) is 19.8 Å². The molecule has 2 unspecified atom stereocenters. The minimum absolute atomic E-state index is 0.0877. The van der Waals surface area contributed by atoms with Crippen molar-refractivity contribution in [3.8, 4) is 5.75 Å². The number of aromatic hydroxyl groups is 1. The van der Waals surface area contributed by atoms with Gasteiger partial charge in [0.1, 0.15) is 17.1 Å². The number of pyridine rings is 1. The van der Waals surface area contributed by atoms with Crippen molar-refractivity contribution in [3.63, 3.8) is 0 Å². The third kappa shape index (κ3) is 5.11. The summed E-state index contributed by atoms with van der Waals surface area (Å²) >= 11 is -1.57. The van der Waals surface area contributed by atoms with E-state index in [0.29, 0.717) is 28.3 Å². The van der Waals surface area contributed by atoms with Crippen molar-refractivity contribution in [2.24, 2.45) is 5.10 Å². The maximum absolute atomic E-state index is 13.3. The highest BCUT2D eigenvalue weighted by Crippen LogP contribution is 2.37. The number of hydrogen-bond donors (Lipinski definition) is 3. The van der Waals surface area contributed by atoms with Gasteiger partial charge in [0.05, 0.1) is 11.8 Å². The fourth-order valence-corrected chi connectivity index (χ4v) is 4.53. The number of amides is 2. The maximum atomic E-state index is 13.3. The van der Waals surface area contributed by atoms with Crippen LogP contribution in [0.2, 0.25) is 0 Å². The molecule has 3 N–H and O–H groups in total. The molecular weight excluding hydrogens is 478 g/mol. The van der Waals surface area contributed by atoms with Crippen LogP contribution < -0.4 is 10.0 Å². The lowest BCUT2D eigenvalue weighted by atomic mass is 9.98. The number of aromatic nitrogens is 3. The van der Waals surface area contributed by atoms with Crippen molar-refractivity contribution in [1.82, 2.24) is 20.0 Å². The Morgan fingerprint density at radius 1 is 1.00 bits per heavy atom. The lowest BCUT2D eigenvalue weighted by Gasteiger charge is -2.23. The van der Waals surface area contributed by atoms with Crippen LogP contribution in [-0.2, 0) is 11.4 Å². The van der Waals surface area contributed by atoms with E-state index in [2.05, 4.69) is 30.1 Å². The number of carbonyl (C=O) groups excluding carboxylic acids is 1. The first-order chi connectivity index (χ1) is 17.6. The number of urea groups is 1. The molecule has 0 radical (unpaired) electrons. The van der Waals surface area contributed by atoms with Gasteiger partial charge in [0.15, 0.2) is 4.90 Å². The summed E-state index contributed by atoms with van der Waals surface area (Å²) in [4.78, 5) is 25.9. The van der Waals surface area contributed by atoms with Gasteiger partial charge in [0.25, 0.3) is 5.95 Å². The Morgan fingerprint density at radius 2 is 1.78 bits per heavy atom. The first-order valence-electron chi connectivity index (χ1n) is 11.0. The zero-order chi connectivity index (χ0) is 24.9. The van der Waals surface area contributed by atoms with Crippen LogP contribution in [0, 0.1) is 0 Å². The number of nitrogens with one attached hydrogen (secondary N) is 2. The Hall–Kier alpha value is -4.48. The Morgan fingerprint density at radius 3 is 2.50 bits per heavy atom. The first-order valence-corrected chi connectivity index (χ1v) is 12.1. The van der Waals surface area contributed by atoms with Gasteiger partial charge >= 0.3 is 6.03 Å². The van der Waals surface area contributed by atoms with E-state index in [1.54, 1.807) is 85.5 Å². The Bertz CT molecular complexity index is 1370. The minimum Gasteiger partial charge on any atom is -0.588 e. The summed E-state index contributed by atoms with van der Waals surface area (Å²) in [5, 5.41) is 19.2. The van der Waals surface area contributed by atoms with E-state index in [4.69, 9.17) is 0 Å². The van der Waals surface area contributed by atoms with E-state index >= 15 is 0 Å². The number of benzene rings is 2. The smallest absolute Gasteiger partial charge is 0.342 e. The third-order valence-electron chi connectivity index (χ3n) is 5.48. The first kappa shape index (κ1) is 23.3. The van der Waals surface area contributed by atoms with E-state index in [1.807, 2.05) is 6.07 Å². The largest absolute Gasteiger partial charge is 0.588 e. The van der Waals surface area contributed by atoms with Crippen molar-refractivity contribution < 1.29 is 14.5 Å². The van der Waals surface area contributed by atoms with Crippen LogP contribution in [0.1, 0.15) is 23.6 Å². The molecule has 2 aromatic carbocycles. The third-order valence-corrected chi connectivity index (χ3v) is 6.55. The normalized spacial score (nSPS) is 15.8. The van der Waals surface area contributed by atoms with Crippen molar-refractivity contribution in [1.29, 1.82) is 0 Å². The highest BCUT2D eigenvalue weighted by atomic mass is 32.2. The van der Waals surface area contributed by atoms with E-state index in [1.165, 1.54) is 5.01 Å². The topological polar surface area (TPSA) is 139 Å². The van der Waals surface area contributed by atoms with E-state index in [9.17, 15) is 14.5 Å². The molecule has 180 valence electrons. The SMILES string of the molecule is O=C(Nc1ccc([S+]([O-])Nc2ncccn2)cc1)N1N=C(c2cccnc2)CC1c1ccccc1O. The zero-order valence-corrected chi connectivity index (χ0v) is 19.7. The lowest BCUT2D eigenvalue weighted by molar-refractivity contribution is 0.199. The van der Waals surface area contributed by atoms with Gasteiger partial charge < -0.3 is 15.0 Å². The zero-order valence-electron chi connectivity index (χ0n) is 18.9. The molecule has 2 atom stereocenters. The summed E-state index contributed by atoms with van der Waals surface area (Å²) in [6.07, 6.45) is 6.88. The summed E-state index contributed by atoms with van der Waals surface area (Å²) in [6.45, 7) is 0. The maximum Gasteiger partial charge on any atom is 0.342 e. The number of rotatable bonds is 6. The van der Waals surface area contributed by atoms with E-state index in [-0.39, 0.29) is 11.7 Å². The number of phenols is 1. The molecule has 1 aliphatic heterocycles. The molecule has 0 spiro atoms. The predicted molar refractivity (Wildman–Crippen MR) is 136 cm³/mol. The van der Waals surface area contributed by atoms with Crippen molar-refractivity contribution >= 4 is 34.7 Å². The van der Waals surface area contributed by atoms with Gasteiger partial charge in [-0.15, -0.1) is 0 Å². The standard InChI is InChI=1S/C25H21N7O3S/c33-23-7-2-1-6-20(23)22-15-21(17-5-3-12-26-16-17)30-32(22)25(34)29-18-8-10-19(11-9-18)36(35)31-24-27-13-4-14-28-24/h1-14,16,22,33H,15H2,(H,29,34)(H,27,28,31). The van der Waals surface area contributed by atoms with Crippen LogP contribution in [0.4, 0.5) is 16.4 Å². The molecule has 0 fully saturated rings. The summed E-state index contributed by atoms with van der Waals surface area (Å²) in [6, 6.07) is 17.8. The van der Waals surface area contributed by atoms with Gasteiger partial charge in [-0.2, -0.15) is 9.82 Å². The van der Waals surface area contributed by atoms with Crippen molar-refractivity contribution in [2.45, 2.75) is 17.4 Å². The summed E-state index contributed by atoms with van der Waals surface area (Å²) < 4.78 is 15.3. The van der Waals surface area contributed by atoms with E-state index < -0.39 is 23.4 Å². The number of hydrogen-bond acceptors (Lipinski definition) is 8. The molecule has 0 bridgehead atoms. The highest BCUT2D eigenvalue weighted by Gasteiger charge is 2.34. The minimum atomic E-state index is -1.57. The number of nitrogens with zero attached hydrogens (tertiary/aromatic N) is 5. The summed E-state index contributed by atoms with van der Waals surface area (Å²) in [7, 11) is 0. The summed E-state index contributed by atoms with van der Waals surface area (Å²) in [5.74, 6) is 0.337. The average Bonchev–Trinajstić information content (AvgIpc) is 3.36. The van der Waals surface area contributed by atoms with Crippen molar-refractivity contribution in [2.75, 3.05) is 10.0 Å². The highest BCUT2D eigenvalue weighted by molar-refractivity contribution is 7.92. The second-order valence-corrected chi connectivity index (χ2v) is 9.02. The Labute approximate surface area is 210 Å². The second-order valence-electron chi connectivity index (χ2n) is 7.81. The molecule has 0 aliphatic carbocycles. The second kappa shape index (κ2) is 10.4. The molecule has 0 saturated carbocycles. The molecule has 11 heteroatoms. The monoisotopic (exact) mass is 499 g/mol. The number of anilines is 2. The molecule has 0 saturated heterocycles. The molecular formula is C25H21N7O3S. The van der Waals surface area contributed by atoms with Crippen LogP contribution in [-0.4, -0.2) is 41.4 Å². The number of hydrazone groups is 1. The number of phenolic OH excluding ortho intramolecular Hbond substituents is 1. The van der Waals surface area contributed by atoms with Crippen molar-refractivity contribution in [3.05, 3.63) is 103 Å². The molecule has 2 amide bonds. The molecule has 10 nitrogen and oxygen atoms in total. The van der Waals surface area contributed by atoms with Crippen LogP contribution >= 0.6 is 0 Å². The predicted octanol–water partition coefficient (Wildman–Crippen LogP) is 4.10. The Kier molecular flexibility index (Phi) is 6.74. The molecule has 2 aromatic heterocycles. The quantitative estimate of drug-likeness (QED) is 0.340. The van der Waals surface area contributed by atoms with E-state index in [0.717, 1.165) is 5.56 Å². The number of para-hydroxylation sites is 1. The number of carbonyl (C=O) groups is 1. The van der Waals surface area contributed by atoms with Crippen LogP contribution in [0.25, 0.3) is 0 Å². The van der Waals surface area contributed by atoms with Gasteiger partial charge in [0, 0.05) is 48.0 Å². The van der Waals surface area contributed by atoms with Gasteiger partial charge in [-0.1, -0.05) is 24.3 Å². The average molecular weight is 500 g/mol. The van der Waals surface area contributed by atoms with Crippen LogP contribution in [0.15, 0.2) is 102 Å². The molecule has 4 aromatic rings. The fourth-order valence-electron chi connectivity index (χ4n) is 3.75. The fraction of sp³-hybridized carbons (Fsp3) is 0.0800. The molecule has 3 heterocycles. The summed E-state index contributed by atoms with van der Waals surface area (Å²) in [5.41, 5.74) is 2.58. The molecule has 1 aliphatic rings. The Balaban J connectivity index is 1.34. The molecule has 5 rings (SSSR count). The van der Waals surface area contributed by atoms with Gasteiger partial charge in [-0.05, 0) is 42.5 Å². The van der Waals surface area contributed by atoms with Gasteiger partial charge in [0.2, 0.25) is 0 Å². The van der Waals surface area contributed by atoms with Crippen LogP contribution in [0.5, 0.6) is 5.75 Å². The lowest BCUT2D eigenvalue weighted by Crippen LogP contribution is -2.31. The van der Waals surface area contributed by atoms with Gasteiger partial charge in [-0.3, -0.25) is 4.98 Å². The van der Waals surface area contributed by atoms with Crippen LogP contribution in [0.3, 0.4) is 0 Å². The molecule has 36 heavy (non-hydrogen) atoms.